The Kier molecular flexibility index (Phi) is 2.13. The molecule has 0 saturated carbocycles. The molecule has 1 aromatic heterocycles. The molecule has 0 unspecified atom stereocenters. The molecule has 0 aliphatic rings. The Morgan fingerprint density at radius 2 is 2.00 bits per heavy atom. The normalized spacial score (nSPS) is 10.1. The highest BCUT2D eigenvalue weighted by Crippen LogP contribution is 2.20. The van der Waals surface area contributed by atoms with E-state index in [2.05, 4.69) is 5.16 Å². The lowest BCUT2D eigenvalue weighted by atomic mass is 10.1. The van der Waals surface area contributed by atoms with Gasteiger partial charge >= 0.3 is 5.97 Å². The molecule has 0 aliphatic heterocycles. The summed E-state index contributed by atoms with van der Waals surface area (Å²) in [6, 6.07) is 7.89. The van der Waals surface area contributed by atoms with E-state index in [1.807, 2.05) is 0 Å². The van der Waals surface area contributed by atoms with E-state index in [0.717, 1.165) is 5.56 Å². The second-order valence-corrected chi connectivity index (χ2v) is 3.00. The molecule has 2 aromatic rings. The number of carbonyl (C=O) groups is 1. The summed E-state index contributed by atoms with van der Waals surface area (Å²) < 4.78 is 4.71. The summed E-state index contributed by atoms with van der Waals surface area (Å²) in [4.78, 5) is 10.6. The van der Waals surface area contributed by atoms with Gasteiger partial charge in [0.1, 0.15) is 5.69 Å². The first kappa shape index (κ1) is 9.26. The molecule has 0 fully saturated rings. The topological polar surface area (TPSA) is 89.4 Å². The third kappa shape index (κ3) is 1.80. The molecule has 0 aliphatic carbocycles. The maximum Gasteiger partial charge on any atom is 0.335 e. The lowest BCUT2D eigenvalue weighted by Crippen LogP contribution is -1.94. The minimum atomic E-state index is -0.957. The van der Waals surface area contributed by atoms with E-state index < -0.39 is 5.97 Å². The minimum absolute atomic E-state index is 0.229. The van der Waals surface area contributed by atoms with Gasteiger partial charge in [-0.1, -0.05) is 17.3 Å². The van der Waals surface area contributed by atoms with E-state index in [1.165, 1.54) is 12.1 Å². The van der Waals surface area contributed by atoms with Crippen LogP contribution in [-0.4, -0.2) is 16.2 Å². The Labute approximate surface area is 85.1 Å². The van der Waals surface area contributed by atoms with Gasteiger partial charge in [-0.3, -0.25) is 0 Å². The number of rotatable bonds is 2. The van der Waals surface area contributed by atoms with Gasteiger partial charge in [0.15, 0.2) is 0 Å². The van der Waals surface area contributed by atoms with Gasteiger partial charge in [0.05, 0.1) is 5.56 Å². The molecule has 0 radical (unpaired) electrons. The fraction of sp³-hybridized carbons (Fsp3) is 0. The van der Waals surface area contributed by atoms with Crippen LogP contribution in [0.3, 0.4) is 0 Å². The van der Waals surface area contributed by atoms with E-state index >= 15 is 0 Å². The first-order chi connectivity index (χ1) is 7.16. The second kappa shape index (κ2) is 3.45. The van der Waals surface area contributed by atoms with E-state index in [0.29, 0.717) is 5.69 Å². The zero-order chi connectivity index (χ0) is 10.8. The van der Waals surface area contributed by atoms with Gasteiger partial charge in [-0.05, 0) is 12.1 Å². The number of hydrogen-bond donors (Lipinski definition) is 2. The number of nitrogen functional groups attached to an aromatic ring is 1. The zero-order valence-corrected chi connectivity index (χ0v) is 7.68. The van der Waals surface area contributed by atoms with Gasteiger partial charge in [-0.25, -0.2) is 4.79 Å². The van der Waals surface area contributed by atoms with Crippen molar-refractivity contribution in [3.63, 3.8) is 0 Å². The molecule has 3 N–H and O–H groups in total. The van der Waals surface area contributed by atoms with Crippen molar-refractivity contribution < 1.29 is 14.4 Å². The van der Waals surface area contributed by atoms with Crippen molar-refractivity contribution in [3.05, 3.63) is 35.9 Å². The Bertz CT molecular complexity index is 488. The summed E-state index contributed by atoms with van der Waals surface area (Å²) in [6.07, 6.45) is 0. The molecular weight excluding hydrogens is 196 g/mol. The fourth-order valence-electron chi connectivity index (χ4n) is 1.21. The molecule has 5 nitrogen and oxygen atoms in total. The van der Waals surface area contributed by atoms with Crippen LogP contribution < -0.4 is 5.73 Å². The summed E-state index contributed by atoms with van der Waals surface area (Å²) in [6.45, 7) is 0. The molecule has 76 valence electrons. The van der Waals surface area contributed by atoms with Gasteiger partial charge < -0.3 is 15.4 Å². The third-order valence-corrected chi connectivity index (χ3v) is 1.96. The van der Waals surface area contributed by atoms with Crippen molar-refractivity contribution in [1.29, 1.82) is 0 Å². The Morgan fingerprint density at radius 3 is 2.47 bits per heavy atom. The van der Waals surface area contributed by atoms with E-state index in [1.54, 1.807) is 18.2 Å². The van der Waals surface area contributed by atoms with Crippen molar-refractivity contribution in [2.45, 2.75) is 0 Å². The number of carboxylic acids is 1. The number of aromatic nitrogens is 1. The van der Waals surface area contributed by atoms with Crippen molar-refractivity contribution >= 4 is 11.9 Å². The molecule has 0 atom stereocenters. The maximum atomic E-state index is 10.6. The number of carboxylic acid groups (broad SMARTS) is 1. The van der Waals surface area contributed by atoms with Gasteiger partial charge in [-0.2, -0.15) is 0 Å². The highest BCUT2D eigenvalue weighted by atomic mass is 16.5. The Hall–Kier alpha value is -2.30. The molecule has 15 heavy (non-hydrogen) atoms. The standard InChI is InChI=1S/C10H8N2O3/c11-9-5-8(12-15-9)6-1-3-7(4-2-6)10(13)14/h1-5H,11H2,(H,13,14). The predicted molar refractivity (Wildman–Crippen MR) is 53.3 cm³/mol. The van der Waals surface area contributed by atoms with E-state index in [4.69, 9.17) is 15.4 Å². The highest BCUT2D eigenvalue weighted by molar-refractivity contribution is 5.88. The lowest BCUT2D eigenvalue weighted by Gasteiger charge is -1.96. The largest absolute Gasteiger partial charge is 0.478 e. The molecule has 0 amide bonds. The summed E-state index contributed by atoms with van der Waals surface area (Å²) in [5.74, 6) is -0.728. The summed E-state index contributed by atoms with van der Waals surface area (Å²) in [7, 11) is 0. The van der Waals surface area contributed by atoms with Gasteiger partial charge in [0.2, 0.25) is 5.88 Å². The summed E-state index contributed by atoms with van der Waals surface area (Å²) in [5.41, 5.74) is 6.95. The fourth-order valence-corrected chi connectivity index (χ4v) is 1.21. The van der Waals surface area contributed by atoms with Crippen LogP contribution in [0, 0.1) is 0 Å². The van der Waals surface area contributed by atoms with Crippen LogP contribution in [-0.2, 0) is 0 Å². The van der Waals surface area contributed by atoms with Crippen molar-refractivity contribution in [3.8, 4) is 11.3 Å². The van der Waals surface area contributed by atoms with Crippen LogP contribution in [0.25, 0.3) is 11.3 Å². The average Bonchev–Trinajstić information content (AvgIpc) is 2.65. The summed E-state index contributed by atoms with van der Waals surface area (Å²) >= 11 is 0. The minimum Gasteiger partial charge on any atom is -0.478 e. The SMILES string of the molecule is Nc1cc(-c2ccc(C(=O)O)cc2)no1. The van der Waals surface area contributed by atoms with Crippen molar-refractivity contribution in [2.75, 3.05) is 5.73 Å². The van der Waals surface area contributed by atoms with Gasteiger partial charge in [-0.15, -0.1) is 0 Å². The van der Waals surface area contributed by atoms with Gasteiger partial charge in [0.25, 0.3) is 0 Å². The van der Waals surface area contributed by atoms with Crippen LogP contribution in [0.1, 0.15) is 10.4 Å². The first-order valence-corrected chi connectivity index (χ1v) is 4.23. The first-order valence-electron chi connectivity index (χ1n) is 4.23. The van der Waals surface area contributed by atoms with Gasteiger partial charge in [0, 0.05) is 11.6 Å². The van der Waals surface area contributed by atoms with Crippen LogP contribution >= 0.6 is 0 Å². The molecule has 5 heteroatoms. The van der Waals surface area contributed by atoms with Crippen molar-refractivity contribution in [2.24, 2.45) is 0 Å². The molecule has 0 spiro atoms. The number of aromatic carboxylic acids is 1. The molecule has 1 aromatic carbocycles. The number of benzene rings is 1. The molecule has 2 rings (SSSR count). The lowest BCUT2D eigenvalue weighted by molar-refractivity contribution is 0.0697. The molecule has 0 saturated heterocycles. The quantitative estimate of drug-likeness (QED) is 0.775. The summed E-state index contributed by atoms with van der Waals surface area (Å²) in [5, 5.41) is 12.4. The Balaban J connectivity index is 2.35. The average molecular weight is 204 g/mol. The zero-order valence-electron chi connectivity index (χ0n) is 7.68. The van der Waals surface area contributed by atoms with Crippen LogP contribution in [0.15, 0.2) is 34.9 Å². The van der Waals surface area contributed by atoms with Crippen molar-refractivity contribution in [1.82, 2.24) is 5.16 Å². The molecule has 0 bridgehead atoms. The molecular formula is C10H8N2O3. The third-order valence-electron chi connectivity index (χ3n) is 1.96. The number of nitrogens with zero attached hydrogens (tertiary/aromatic N) is 1. The van der Waals surface area contributed by atoms with Crippen LogP contribution in [0.2, 0.25) is 0 Å². The number of nitrogens with two attached hydrogens (primary N) is 1. The predicted octanol–water partition coefficient (Wildman–Crippen LogP) is 1.62. The van der Waals surface area contributed by atoms with Crippen LogP contribution in [0.4, 0.5) is 5.88 Å². The van der Waals surface area contributed by atoms with Crippen LogP contribution in [0.5, 0.6) is 0 Å². The Morgan fingerprint density at radius 1 is 1.33 bits per heavy atom. The van der Waals surface area contributed by atoms with E-state index in [-0.39, 0.29) is 11.4 Å². The molecule has 1 heterocycles. The monoisotopic (exact) mass is 204 g/mol. The number of hydrogen-bond acceptors (Lipinski definition) is 4. The second-order valence-electron chi connectivity index (χ2n) is 3.00. The number of anilines is 1. The smallest absolute Gasteiger partial charge is 0.335 e. The van der Waals surface area contributed by atoms with E-state index in [9.17, 15) is 4.79 Å². The highest BCUT2D eigenvalue weighted by Gasteiger charge is 2.06. The maximum absolute atomic E-state index is 10.6.